The number of ether oxygens (including phenoxy) is 1. The van der Waals surface area contributed by atoms with E-state index >= 15 is 0 Å². The van der Waals surface area contributed by atoms with Crippen LogP contribution in [0.4, 0.5) is 22.7 Å². The quantitative estimate of drug-likeness (QED) is 0.604. The van der Waals surface area contributed by atoms with Gasteiger partial charge in [0.15, 0.2) is 5.13 Å². The van der Waals surface area contributed by atoms with Gasteiger partial charge in [-0.25, -0.2) is 9.78 Å². The van der Waals surface area contributed by atoms with Crippen LogP contribution < -0.4 is 15.1 Å². The Bertz CT molecular complexity index is 978. The van der Waals surface area contributed by atoms with Gasteiger partial charge < -0.3 is 24.5 Å². The van der Waals surface area contributed by atoms with Crippen LogP contribution in [0.5, 0.6) is 0 Å². The average molecular weight is 476 g/mol. The third-order valence-corrected chi connectivity index (χ3v) is 7.22. The first-order valence-corrected chi connectivity index (χ1v) is 12.3. The van der Waals surface area contributed by atoms with E-state index in [9.17, 15) is 9.90 Å². The van der Waals surface area contributed by atoms with Gasteiger partial charge in [-0.1, -0.05) is 11.3 Å². The molecule has 2 N–H and O–H groups in total. The van der Waals surface area contributed by atoms with E-state index in [-0.39, 0.29) is 5.97 Å². The van der Waals surface area contributed by atoms with E-state index in [0.717, 1.165) is 50.9 Å². The first-order valence-electron chi connectivity index (χ1n) is 11.5. The van der Waals surface area contributed by atoms with E-state index in [1.165, 1.54) is 11.3 Å². The standard InChI is InChI=1S/C22H33N7O3S/c1-5-32-19(30)18-15(2)23-21(33-18)26-20-24-16(28-8-6-22(3,31)7-9-28)14-17(25-20)29-12-10-27(4)11-13-29/h14,31H,5-13H2,1-4H3,(H,23,24,25,26). The predicted molar refractivity (Wildman–Crippen MR) is 130 cm³/mol. The maximum Gasteiger partial charge on any atom is 0.350 e. The SMILES string of the molecule is CCOC(=O)c1sc(Nc2nc(N3CCN(C)CC3)cc(N3CCC(C)(O)CC3)n2)nc1C. The molecule has 0 unspecified atom stereocenters. The van der Waals surface area contributed by atoms with Crippen LogP contribution in [0.15, 0.2) is 6.07 Å². The number of aromatic nitrogens is 3. The van der Waals surface area contributed by atoms with Crippen molar-refractivity contribution in [2.24, 2.45) is 0 Å². The zero-order chi connectivity index (χ0) is 23.6. The number of rotatable bonds is 6. The average Bonchev–Trinajstić information content (AvgIpc) is 3.14. The summed E-state index contributed by atoms with van der Waals surface area (Å²) in [5.74, 6) is 1.78. The lowest BCUT2D eigenvalue weighted by molar-refractivity contribution is 0.0350. The summed E-state index contributed by atoms with van der Waals surface area (Å²) in [6.45, 7) is 11.0. The summed E-state index contributed by atoms with van der Waals surface area (Å²) in [4.78, 5) is 33.5. The minimum Gasteiger partial charge on any atom is -0.462 e. The topological polar surface area (TPSA) is 107 Å². The zero-order valence-corrected chi connectivity index (χ0v) is 20.6. The second-order valence-electron chi connectivity index (χ2n) is 8.96. The fourth-order valence-electron chi connectivity index (χ4n) is 3.99. The minimum absolute atomic E-state index is 0.321. The number of aryl methyl sites for hydroxylation is 1. The number of likely N-dealkylation sites (N-methyl/N-ethyl adjacent to an activating group) is 1. The van der Waals surface area contributed by atoms with Crippen molar-refractivity contribution in [1.82, 2.24) is 19.9 Å². The number of aliphatic hydroxyl groups is 1. The minimum atomic E-state index is -0.632. The maximum absolute atomic E-state index is 12.2. The lowest BCUT2D eigenvalue weighted by Gasteiger charge is -2.37. The van der Waals surface area contributed by atoms with Gasteiger partial charge in [0.2, 0.25) is 5.95 Å². The molecule has 0 bridgehead atoms. The highest BCUT2D eigenvalue weighted by Crippen LogP contribution is 2.30. The van der Waals surface area contributed by atoms with Crippen molar-refractivity contribution in [2.75, 3.05) is 68.0 Å². The number of piperazine rings is 1. The van der Waals surface area contributed by atoms with Gasteiger partial charge in [0.1, 0.15) is 16.5 Å². The van der Waals surface area contributed by atoms with Crippen LogP contribution >= 0.6 is 11.3 Å². The summed E-state index contributed by atoms with van der Waals surface area (Å²) in [6.07, 6.45) is 1.39. The van der Waals surface area contributed by atoms with Crippen molar-refractivity contribution >= 4 is 40.0 Å². The van der Waals surface area contributed by atoms with Gasteiger partial charge >= 0.3 is 5.97 Å². The Labute approximate surface area is 198 Å². The molecule has 0 amide bonds. The highest BCUT2D eigenvalue weighted by atomic mass is 32.1. The van der Waals surface area contributed by atoms with Crippen LogP contribution in [0.3, 0.4) is 0 Å². The molecule has 2 fully saturated rings. The van der Waals surface area contributed by atoms with Gasteiger partial charge in [-0.2, -0.15) is 9.97 Å². The van der Waals surface area contributed by atoms with Gasteiger partial charge in [-0.05, 0) is 40.7 Å². The molecule has 0 atom stereocenters. The number of nitrogens with zero attached hydrogens (tertiary/aromatic N) is 6. The van der Waals surface area contributed by atoms with Crippen molar-refractivity contribution < 1.29 is 14.6 Å². The second-order valence-corrected chi connectivity index (χ2v) is 9.96. The number of carbonyl (C=O) groups excluding carboxylic acids is 1. The van der Waals surface area contributed by atoms with Crippen LogP contribution in [0, 0.1) is 6.92 Å². The highest BCUT2D eigenvalue weighted by molar-refractivity contribution is 7.17. The van der Waals surface area contributed by atoms with Gasteiger partial charge in [0.25, 0.3) is 0 Å². The van der Waals surface area contributed by atoms with E-state index in [4.69, 9.17) is 14.7 Å². The lowest BCUT2D eigenvalue weighted by Crippen LogP contribution is -2.45. The predicted octanol–water partition coefficient (Wildman–Crippen LogP) is 2.26. The molecule has 2 aliphatic rings. The number of esters is 1. The Morgan fingerprint density at radius 2 is 1.73 bits per heavy atom. The molecule has 4 rings (SSSR count). The van der Waals surface area contributed by atoms with Gasteiger partial charge in [0.05, 0.1) is 17.9 Å². The second kappa shape index (κ2) is 9.78. The van der Waals surface area contributed by atoms with Gasteiger partial charge in [0, 0.05) is 45.3 Å². The summed E-state index contributed by atoms with van der Waals surface area (Å²) in [5.41, 5.74) is -0.0121. The van der Waals surface area contributed by atoms with E-state index in [2.05, 4.69) is 32.0 Å². The monoisotopic (exact) mass is 475 g/mol. The molecule has 0 radical (unpaired) electrons. The van der Waals surface area contributed by atoms with Crippen molar-refractivity contribution in [2.45, 2.75) is 39.2 Å². The lowest BCUT2D eigenvalue weighted by atomic mass is 9.94. The summed E-state index contributed by atoms with van der Waals surface area (Å²) < 4.78 is 5.13. The molecule has 0 aromatic carbocycles. The number of piperidine rings is 1. The Balaban J connectivity index is 1.60. The molecule has 2 aromatic rings. The maximum atomic E-state index is 12.2. The first kappa shape index (κ1) is 23.7. The smallest absolute Gasteiger partial charge is 0.350 e. The molecule has 0 saturated carbocycles. The molecule has 2 aliphatic heterocycles. The van der Waals surface area contributed by atoms with E-state index in [1.807, 2.05) is 13.0 Å². The van der Waals surface area contributed by atoms with Crippen LogP contribution in [0.2, 0.25) is 0 Å². The Hall–Kier alpha value is -2.50. The number of thiazole rings is 1. The number of anilines is 4. The molecule has 4 heterocycles. The third kappa shape index (κ3) is 5.71. The Morgan fingerprint density at radius 3 is 2.33 bits per heavy atom. The normalized spacial score (nSPS) is 18.9. The molecule has 2 aromatic heterocycles. The summed E-state index contributed by atoms with van der Waals surface area (Å²) in [5, 5.41) is 14.1. The molecule has 180 valence electrons. The van der Waals surface area contributed by atoms with Crippen LogP contribution in [0.1, 0.15) is 42.1 Å². The molecule has 0 aliphatic carbocycles. The summed E-state index contributed by atoms with van der Waals surface area (Å²) in [6, 6.07) is 2.04. The largest absolute Gasteiger partial charge is 0.462 e. The molecule has 11 heteroatoms. The molecular formula is C22H33N7O3S. The van der Waals surface area contributed by atoms with Crippen molar-refractivity contribution in [3.05, 3.63) is 16.6 Å². The summed E-state index contributed by atoms with van der Waals surface area (Å²) >= 11 is 1.24. The van der Waals surface area contributed by atoms with Gasteiger partial charge in [-0.15, -0.1) is 0 Å². The number of hydrogen-bond acceptors (Lipinski definition) is 11. The Kier molecular flexibility index (Phi) is 7.01. The fraction of sp³-hybridized carbons (Fsp3) is 0.636. The molecular weight excluding hydrogens is 442 g/mol. The van der Waals surface area contributed by atoms with Crippen LogP contribution in [0.25, 0.3) is 0 Å². The number of nitrogens with one attached hydrogen (secondary N) is 1. The molecule has 10 nitrogen and oxygen atoms in total. The number of hydrogen-bond donors (Lipinski definition) is 2. The Morgan fingerprint density at radius 1 is 1.12 bits per heavy atom. The highest BCUT2D eigenvalue weighted by Gasteiger charge is 2.29. The van der Waals surface area contributed by atoms with Crippen molar-refractivity contribution in [1.29, 1.82) is 0 Å². The van der Waals surface area contributed by atoms with E-state index in [0.29, 0.717) is 41.1 Å². The molecule has 2 saturated heterocycles. The van der Waals surface area contributed by atoms with Crippen molar-refractivity contribution in [3.8, 4) is 0 Å². The van der Waals surface area contributed by atoms with E-state index < -0.39 is 5.60 Å². The third-order valence-electron chi connectivity index (χ3n) is 6.17. The first-order chi connectivity index (χ1) is 15.7. The molecule has 0 spiro atoms. The van der Waals surface area contributed by atoms with Gasteiger partial charge in [-0.3, -0.25) is 5.32 Å². The molecule has 33 heavy (non-hydrogen) atoms. The fourth-order valence-corrected chi connectivity index (χ4v) is 4.84. The van der Waals surface area contributed by atoms with Crippen molar-refractivity contribution in [3.63, 3.8) is 0 Å². The summed E-state index contributed by atoms with van der Waals surface area (Å²) in [7, 11) is 2.13. The van der Waals surface area contributed by atoms with Crippen LogP contribution in [-0.4, -0.2) is 89.5 Å². The van der Waals surface area contributed by atoms with Crippen LogP contribution in [-0.2, 0) is 4.74 Å². The zero-order valence-electron chi connectivity index (χ0n) is 19.8. The van der Waals surface area contributed by atoms with E-state index in [1.54, 1.807) is 13.8 Å². The number of carbonyl (C=O) groups is 1.